The molecule has 6 heteroatoms. The molecule has 0 aliphatic rings. The molecule has 0 aromatic heterocycles. The topological polar surface area (TPSA) is 58.6 Å². The Balaban J connectivity index is 2.27. The summed E-state index contributed by atoms with van der Waals surface area (Å²) in [6, 6.07) is 12.9. The minimum absolute atomic E-state index is 0.100. The number of hydrogen-bond donors (Lipinski definition) is 1. The number of nitrogens with zero attached hydrogens (tertiary/aromatic N) is 1. The van der Waals surface area contributed by atoms with Crippen LogP contribution in [-0.4, -0.2) is 36.4 Å². The first-order valence-electron chi connectivity index (χ1n) is 10.3. The summed E-state index contributed by atoms with van der Waals surface area (Å²) in [6.45, 7) is 6.69. The zero-order valence-corrected chi connectivity index (χ0v) is 18.2. The van der Waals surface area contributed by atoms with Crippen LogP contribution in [0.25, 0.3) is 0 Å². The molecule has 0 aliphatic heterocycles. The maximum absolute atomic E-state index is 14.1. The second-order valence-corrected chi connectivity index (χ2v) is 7.70. The van der Waals surface area contributed by atoms with Gasteiger partial charge in [0.15, 0.2) is 0 Å². The van der Waals surface area contributed by atoms with E-state index in [0.29, 0.717) is 30.2 Å². The van der Waals surface area contributed by atoms with Gasteiger partial charge in [0.2, 0.25) is 11.8 Å². The van der Waals surface area contributed by atoms with E-state index in [-0.39, 0.29) is 24.8 Å². The van der Waals surface area contributed by atoms with Crippen LogP contribution in [0.2, 0.25) is 0 Å². The number of amides is 2. The van der Waals surface area contributed by atoms with Crippen molar-refractivity contribution < 1.29 is 18.7 Å². The van der Waals surface area contributed by atoms with Crippen LogP contribution >= 0.6 is 0 Å². The Hall–Kier alpha value is -2.89. The maximum atomic E-state index is 14.1. The molecule has 30 heavy (non-hydrogen) atoms. The summed E-state index contributed by atoms with van der Waals surface area (Å²) in [7, 11) is 1.59. The highest BCUT2D eigenvalue weighted by atomic mass is 19.1. The van der Waals surface area contributed by atoms with E-state index in [2.05, 4.69) is 5.32 Å². The predicted molar refractivity (Wildman–Crippen MR) is 116 cm³/mol. The van der Waals surface area contributed by atoms with Crippen LogP contribution in [0.5, 0.6) is 5.75 Å². The molecular weight excluding hydrogens is 383 g/mol. The van der Waals surface area contributed by atoms with Gasteiger partial charge in [0, 0.05) is 13.1 Å². The van der Waals surface area contributed by atoms with Crippen molar-refractivity contribution in [3.05, 3.63) is 65.5 Å². The van der Waals surface area contributed by atoms with E-state index >= 15 is 0 Å². The van der Waals surface area contributed by atoms with Gasteiger partial charge < -0.3 is 15.0 Å². The highest BCUT2D eigenvalue weighted by Crippen LogP contribution is 2.18. The first kappa shape index (κ1) is 23.4. The quantitative estimate of drug-likeness (QED) is 0.640. The fourth-order valence-electron chi connectivity index (χ4n) is 3.18. The van der Waals surface area contributed by atoms with Crippen LogP contribution in [0.15, 0.2) is 48.5 Å². The Labute approximate surface area is 178 Å². The molecule has 2 rings (SSSR count). The van der Waals surface area contributed by atoms with E-state index in [1.54, 1.807) is 30.2 Å². The summed E-state index contributed by atoms with van der Waals surface area (Å²) in [6.07, 6.45) is 0.361. The summed E-state index contributed by atoms with van der Waals surface area (Å²) in [5, 5.41) is 2.92. The smallest absolute Gasteiger partial charge is 0.242 e. The van der Waals surface area contributed by atoms with Crippen molar-refractivity contribution in [3.8, 4) is 5.75 Å². The lowest BCUT2D eigenvalue weighted by Gasteiger charge is -2.31. The van der Waals surface area contributed by atoms with Crippen LogP contribution in [0.3, 0.4) is 0 Å². The van der Waals surface area contributed by atoms with Gasteiger partial charge in [-0.15, -0.1) is 0 Å². The predicted octanol–water partition coefficient (Wildman–Crippen LogP) is 3.96. The largest absolute Gasteiger partial charge is 0.497 e. The number of carbonyl (C=O) groups excluding carboxylic acids is 2. The third-order valence-electron chi connectivity index (χ3n) is 4.88. The average Bonchev–Trinajstić information content (AvgIpc) is 2.74. The normalized spacial score (nSPS) is 11.8. The lowest BCUT2D eigenvalue weighted by atomic mass is 10.1. The summed E-state index contributed by atoms with van der Waals surface area (Å²) in [4.78, 5) is 27.6. The molecule has 0 saturated heterocycles. The Bertz CT molecular complexity index is 837. The fraction of sp³-hybridized carbons (Fsp3) is 0.417. The molecule has 0 aliphatic carbocycles. The number of halogens is 1. The number of rotatable bonds is 10. The third-order valence-corrected chi connectivity index (χ3v) is 4.88. The van der Waals surface area contributed by atoms with E-state index in [4.69, 9.17) is 4.74 Å². The average molecular weight is 415 g/mol. The van der Waals surface area contributed by atoms with Crippen LogP contribution in [0.1, 0.15) is 38.3 Å². The molecule has 1 N–H and O–H groups in total. The van der Waals surface area contributed by atoms with Gasteiger partial charge in [0.1, 0.15) is 17.6 Å². The fourth-order valence-corrected chi connectivity index (χ4v) is 3.18. The van der Waals surface area contributed by atoms with E-state index < -0.39 is 11.9 Å². The summed E-state index contributed by atoms with van der Waals surface area (Å²) in [5.74, 6) is 0.108. The molecule has 0 heterocycles. The minimum Gasteiger partial charge on any atom is -0.497 e. The molecule has 0 radical (unpaired) electrons. The molecule has 1 atom stereocenters. The van der Waals surface area contributed by atoms with Gasteiger partial charge in [-0.25, -0.2) is 4.39 Å². The molecule has 0 unspecified atom stereocenters. The van der Waals surface area contributed by atoms with Crippen molar-refractivity contribution in [1.29, 1.82) is 0 Å². The monoisotopic (exact) mass is 414 g/mol. The third kappa shape index (κ3) is 6.58. The van der Waals surface area contributed by atoms with Crippen LogP contribution in [0.4, 0.5) is 4.39 Å². The van der Waals surface area contributed by atoms with Gasteiger partial charge in [-0.05, 0) is 41.7 Å². The number of ether oxygens (including phenoxy) is 1. The van der Waals surface area contributed by atoms with Crippen molar-refractivity contribution in [2.24, 2.45) is 5.92 Å². The van der Waals surface area contributed by atoms with Crippen molar-refractivity contribution in [2.75, 3.05) is 13.7 Å². The molecule has 5 nitrogen and oxygen atoms in total. The maximum Gasteiger partial charge on any atom is 0.242 e. The Morgan fingerprint density at radius 1 is 1.10 bits per heavy atom. The van der Waals surface area contributed by atoms with E-state index in [0.717, 1.165) is 5.56 Å². The van der Waals surface area contributed by atoms with Gasteiger partial charge in [-0.1, -0.05) is 51.1 Å². The van der Waals surface area contributed by atoms with Gasteiger partial charge in [0.25, 0.3) is 0 Å². The van der Waals surface area contributed by atoms with Crippen molar-refractivity contribution in [3.63, 3.8) is 0 Å². The Kier molecular flexibility index (Phi) is 8.84. The SMILES string of the molecule is CC[C@@H](C(=O)NCC(C)C)N(Cc1ccc(OC)cc1)C(=O)Cc1ccccc1F. The van der Waals surface area contributed by atoms with Crippen LogP contribution in [0, 0.1) is 11.7 Å². The van der Waals surface area contributed by atoms with E-state index in [1.165, 1.54) is 6.07 Å². The summed E-state index contributed by atoms with van der Waals surface area (Å²) < 4.78 is 19.3. The molecule has 0 bridgehead atoms. The number of nitrogens with one attached hydrogen (secondary N) is 1. The summed E-state index contributed by atoms with van der Waals surface area (Å²) in [5.41, 5.74) is 1.19. The first-order valence-corrected chi connectivity index (χ1v) is 10.3. The number of methoxy groups -OCH3 is 1. The van der Waals surface area contributed by atoms with Crippen molar-refractivity contribution >= 4 is 11.8 Å². The van der Waals surface area contributed by atoms with Gasteiger partial charge in [-0.3, -0.25) is 9.59 Å². The second-order valence-electron chi connectivity index (χ2n) is 7.70. The molecule has 162 valence electrons. The minimum atomic E-state index is -0.634. The van der Waals surface area contributed by atoms with E-state index in [9.17, 15) is 14.0 Å². The Morgan fingerprint density at radius 2 is 1.77 bits per heavy atom. The zero-order chi connectivity index (χ0) is 22.1. The van der Waals surface area contributed by atoms with Gasteiger partial charge in [0.05, 0.1) is 13.5 Å². The van der Waals surface area contributed by atoms with Crippen molar-refractivity contribution in [2.45, 2.75) is 46.2 Å². The van der Waals surface area contributed by atoms with E-state index in [1.807, 2.05) is 45.0 Å². The van der Waals surface area contributed by atoms with Gasteiger partial charge >= 0.3 is 0 Å². The molecule has 2 aromatic rings. The standard InChI is InChI=1S/C24H31FN2O3/c1-5-22(24(29)26-15-17(2)3)27(16-18-10-12-20(30-4)13-11-18)23(28)14-19-8-6-7-9-21(19)25/h6-13,17,22H,5,14-16H2,1-4H3,(H,26,29)/t22-/m0/s1. The lowest BCUT2D eigenvalue weighted by molar-refractivity contribution is -0.141. The highest BCUT2D eigenvalue weighted by molar-refractivity contribution is 5.88. The number of benzene rings is 2. The van der Waals surface area contributed by atoms with Gasteiger partial charge in [-0.2, -0.15) is 0 Å². The molecule has 2 aromatic carbocycles. The first-order chi connectivity index (χ1) is 14.3. The second kappa shape index (κ2) is 11.3. The zero-order valence-electron chi connectivity index (χ0n) is 18.2. The number of carbonyl (C=O) groups is 2. The lowest BCUT2D eigenvalue weighted by Crippen LogP contribution is -2.50. The Morgan fingerprint density at radius 3 is 2.33 bits per heavy atom. The number of hydrogen-bond acceptors (Lipinski definition) is 3. The highest BCUT2D eigenvalue weighted by Gasteiger charge is 2.29. The molecule has 2 amide bonds. The van der Waals surface area contributed by atoms with Crippen molar-refractivity contribution in [1.82, 2.24) is 10.2 Å². The summed E-state index contributed by atoms with van der Waals surface area (Å²) >= 11 is 0. The molecular formula is C24H31FN2O3. The van der Waals surface area contributed by atoms with Crippen LogP contribution in [-0.2, 0) is 22.6 Å². The molecule has 0 spiro atoms. The molecule has 0 saturated carbocycles. The van der Waals surface area contributed by atoms with Crippen LogP contribution < -0.4 is 10.1 Å². The molecule has 0 fully saturated rings.